The number of rotatable bonds is 1. The second-order valence-electron chi connectivity index (χ2n) is 5.06. The molecule has 4 heteroatoms. The highest BCUT2D eigenvalue weighted by molar-refractivity contribution is 5.98. The van der Waals surface area contributed by atoms with Crippen LogP contribution in [0, 0.1) is 0 Å². The number of carbonyl (C=O) groups is 1. The summed E-state index contributed by atoms with van der Waals surface area (Å²) >= 11 is 0. The van der Waals surface area contributed by atoms with Gasteiger partial charge in [0.15, 0.2) is 0 Å². The molecule has 0 aliphatic carbocycles. The molecule has 2 heterocycles. The Balaban J connectivity index is 1.85. The van der Waals surface area contributed by atoms with Crippen LogP contribution in [-0.4, -0.2) is 41.6 Å². The fourth-order valence-electron chi connectivity index (χ4n) is 2.54. The zero-order valence-corrected chi connectivity index (χ0v) is 11.1. The summed E-state index contributed by atoms with van der Waals surface area (Å²) in [6, 6.07) is 9.87. The van der Waals surface area contributed by atoms with E-state index in [1.165, 1.54) is 0 Å². The van der Waals surface area contributed by atoms with Crippen molar-refractivity contribution < 1.29 is 9.53 Å². The van der Waals surface area contributed by atoms with Crippen molar-refractivity contribution in [2.75, 3.05) is 19.7 Å². The molecule has 2 aromatic rings. The van der Waals surface area contributed by atoms with Crippen LogP contribution in [0.1, 0.15) is 23.8 Å². The molecule has 1 aliphatic heterocycles. The lowest BCUT2D eigenvalue weighted by molar-refractivity contribution is 0.0560. The molecular formula is C15H18N2O2. The van der Waals surface area contributed by atoms with Gasteiger partial charge in [0.05, 0.1) is 6.10 Å². The molecule has 19 heavy (non-hydrogen) atoms. The first-order valence-electron chi connectivity index (χ1n) is 6.72. The van der Waals surface area contributed by atoms with Crippen molar-refractivity contribution in [3.63, 3.8) is 0 Å². The second-order valence-corrected chi connectivity index (χ2v) is 5.06. The number of H-pyrrole nitrogens is 1. The van der Waals surface area contributed by atoms with Crippen LogP contribution in [-0.2, 0) is 4.74 Å². The zero-order valence-electron chi connectivity index (χ0n) is 11.1. The number of nitrogens with zero attached hydrogens (tertiary/aromatic N) is 1. The Morgan fingerprint density at radius 2 is 2.26 bits per heavy atom. The van der Waals surface area contributed by atoms with Gasteiger partial charge in [-0.15, -0.1) is 0 Å². The first-order chi connectivity index (χ1) is 9.24. The normalized spacial score (nSPS) is 20.5. The third-order valence-electron chi connectivity index (χ3n) is 3.50. The summed E-state index contributed by atoms with van der Waals surface area (Å²) in [5.41, 5.74) is 1.67. The predicted molar refractivity (Wildman–Crippen MR) is 74.2 cm³/mol. The van der Waals surface area contributed by atoms with Crippen LogP contribution in [0.2, 0.25) is 0 Å². The SMILES string of the molecule is CC1CN(C(=O)c2cc3ccccc3[nH]2)CCCO1. The number of fused-ring (bicyclic) bond motifs is 1. The van der Waals surface area contributed by atoms with E-state index in [4.69, 9.17) is 4.74 Å². The third-order valence-corrected chi connectivity index (χ3v) is 3.50. The third kappa shape index (κ3) is 2.49. The van der Waals surface area contributed by atoms with Crippen LogP contribution >= 0.6 is 0 Å². The van der Waals surface area contributed by atoms with Crippen molar-refractivity contribution in [1.29, 1.82) is 0 Å². The van der Waals surface area contributed by atoms with E-state index in [9.17, 15) is 4.79 Å². The number of hydrogen-bond donors (Lipinski definition) is 1. The standard InChI is InChI=1S/C15H18N2O2/c1-11-10-17(7-4-8-19-11)15(18)14-9-12-5-2-3-6-13(12)16-14/h2-3,5-6,9,11,16H,4,7-8,10H2,1H3. The fourth-order valence-corrected chi connectivity index (χ4v) is 2.54. The molecule has 1 aliphatic rings. The number of ether oxygens (including phenoxy) is 1. The Labute approximate surface area is 112 Å². The summed E-state index contributed by atoms with van der Waals surface area (Å²) < 4.78 is 5.57. The van der Waals surface area contributed by atoms with E-state index in [0.717, 1.165) is 30.5 Å². The van der Waals surface area contributed by atoms with Crippen molar-refractivity contribution in [2.45, 2.75) is 19.4 Å². The van der Waals surface area contributed by atoms with Gasteiger partial charge in [0.25, 0.3) is 5.91 Å². The maximum Gasteiger partial charge on any atom is 0.270 e. The van der Waals surface area contributed by atoms with Gasteiger partial charge in [-0.25, -0.2) is 0 Å². The number of carbonyl (C=O) groups excluding carboxylic acids is 1. The van der Waals surface area contributed by atoms with E-state index in [-0.39, 0.29) is 12.0 Å². The number of para-hydroxylation sites is 1. The minimum absolute atomic E-state index is 0.0635. The van der Waals surface area contributed by atoms with Crippen LogP contribution in [0.4, 0.5) is 0 Å². The molecule has 100 valence electrons. The van der Waals surface area contributed by atoms with Crippen molar-refractivity contribution in [2.24, 2.45) is 0 Å². The Bertz CT molecular complexity index is 558. The van der Waals surface area contributed by atoms with Gasteiger partial charge in [-0.05, 0) is 25.5 Å². The molecule has 1 atom stereocenters. The number of hydrogen-bond acceptors (Lipinski definition) is 2. The summed E-state index contributed by atoms with van der Waals surface area (Å²) in [4.78, 5) is 17.6. The van der Waals surface area contributed by atoms with E-state index in [0.29, 0.717) is 12.2 Å². The van der Waals surface area contributed by atoms with Gasteiger partial charge in [0, 0.05) is 30.6 Å². The maximum atomic E-state index is 12.5. The Morgan fingerprint density at radius 3 is 3.11 bits per heavy atom. The van der Waals surface area contributed by atoms with Gasteiger partial charge < -0.3 is 14.6 Å². The molecule has 0 spiro atoms. The number of nitrogens with one attached hydrogen (secondary N) is 1. The Kier molecular flexibility index (Phi) is 3.25. The summed E-state index contributed by atoms with van der Waals surface area (Å²) in [5.74, 6) is 0.0635. The molecule has 1 aromatic heterocycles. The van der Waals surface area contributed by atoms with Crippen LogP contribution in [0.5, 0.6) is 0 Å². The van der Waals surface area contributed by atoms with Gasteiger partial charge in [-0.1, -0.05) is 18.2 Å². The van der Waals surface area contributed by atoms with Crippen molar-refractivity contribution in [1.82, 2.24) is 9.88 Å². The molecule has 1 unspecified atom stereocenters. The lowest BCUT2D eigenvalue weighted by Crippen LogP contribution is -2.36. The van der Waals surface area contributed by atoms with Crippen LogP contribution in [0.15, 0.2) is 30.3 Å². The molecule has 1 fully saturated rings. The minimum atomic E-state index is 0.0635. The van der Waals surface area contributed by atoms with Crippen LogP contribution in [0.25, 0.3) is 10.9 Å². The van der Waals surface area contributed by atoms with E-state index >= 15 is 0 Å². The monoisotopic (exact) mass is 258 g/mol. The predicted octanol–water partition coefficient (Wildman–Crippen LogP) is 2.42. The number of aromatic amines is 1. The first kappa shape index (κ1) is 12.2. The Hall–Kier alpha value is -1.81. The fraction of sp³-hybridized carbons (Fsp3) is 0.400. The Morgan fingerprint density at radius 1 is 1.42 bits per heavy atom. The lowest BCUT2D eigenvalue weighted by Gasteiger charge is -2.21. The van der Waals surface area contributed by atoms with E-state index in [1.54, 1.807) is 0 Å². The summed E-state index contributed by atoms with van der Waals surface area (Å²) in [7, 11) is 0. The molecule has 3 rings (SSSR count). The zero-order chi connectivity index (χ0) is 13.2. The molecule has 1 amide bonds. The summed E-state index contributed by atoms with van der Waals surface area (Å²) in [6.45, 7) is 4.17. The molecule has 0 radical (unpaired) electrons. The van der Waals surface area contributed by atoms with E-state index < -0.39 is 0 Å². The van der Waals surface area contributed by atoms with Gasteiger partial charge >= 0.3 is 0 Å². The number of amides is 1. The maximum absolute atomic E-state index is 12.5. The van der Waals surface area contributed by atoms with E-state index in [1.807, 2.05) is 42.2 Å². The number of benzene rings is 1. The first-order valence-corrected chi connectivity index (χ1v) is 6.72. The second kappa shape index (κ2) is 5.05. The van der Waals surface area contributed by atoms with Crippen molar-refractivity contribution >= 4 is 16.8 Å². The van der Waals surface area contributed by atoms with Gasteiger partial charge in [0.1, 0.15) is 5.69 Å². The van der Waals surface area contributed by atoms with Crippen molar-refractivity contribution in [3.05, 3.63) is 36.0 Å². The van der Waals surface area contributed by atoms with Crippen LogP contribution < -0.4 is 0 Å². The molecule has 4 nitrogen and oxygen atoms in total. The molecule has 1 aromatic carbocycles. The molecular weight excluding hydrogens is 240 g/mol. The highest BCUT2D eigenvalue weighted by atomic mass is 16.5. The van der Waals surface area contributed by atoms with E-state index in [2.05, 4.69) is 4.98 Å². The topological polar surface area (TPSA) is 45.3 Å². The smallest absolute Gasteiger partial charge is 0.270 e. The average Bonchev–Trinajstić information content (AvgIpc) is 2.73. The summed E-state index contributed by atoms with van der Waals surface area (Å²) in [5, 5.41) is 1.07. The van der Waals surface area contributed by atoms with Crippen molar-refractivity contribution in [3.8, 4) is 0 Å². The van der Waals surface area contributed by atoms with Gasteiger partial charge in [0.2, 0.25) is 0 Å². The lowest BCUT2D eigenvalue weighted by atomic mass is 10.2. The molecule has 1 N–H and O–H groups in total. The highest BCUT2D eigenvalue weighted by Crippen LogP contribution is 2.17. The number of aromatic nitrogens is 1. The largest absolute Gasteiger partial charge is 0.377 e. The molecule has 0 bridgehead atoms. The van der Waals surface area contributed by atoms with Gasteiger partial charge in [-0.2, -0.15) is 0 Å². The average molecular weight is 258 g/mol. The van der Waals surface area contributed by atoms with Gasteiger partial charge in [-0.3, -0.25) is 4.79 Å². The van der Waals surface area contributed by atoms with Crippen LogP contribution in [0.3, 0.4) is 0 Å². The molecule has 1 saturated heterocycles. The summed E-state index contributed by atoms with van der Waals surface area (Å²) in [6.07, 6.45) is 1.01. The molecule has 0 saturated carbocycles. The quantitative estimate of drug-likeness (QED) is 0.853. The highest BCUT2D eigenvalue weighted by Gasteiger charge is 2.22. The minimum Gasteiger partial charge on any atom is -0.377 e.